The van der Waals surface area contributed by atoms with Crippen LogP contribution in [0.1, 0.15) is 0 Å². The van der Waals surface area contributed by atoms with E-state index in [0.29, 0.717) is 0 Å². The Hall–Kier alpha value is -0.540. The predicted octanol–water partition coefficient (Wildman–Crippen LogP) is 1.79. The zero-order valence-corrected chi connectivity index (χ0v) is 7.81. The summed E-state index contributed by atoms with van der Waals surface area (Å²) in [5, 5.41) is 7.22. The van der Waals surface area contributed by atoms with Crippen LogP contribution in [0.5, 0.6) is 0 Å². The van der Waals surface area contributed by atoms with E-state index in [1.54, 1.807) is 0 Å². The minimum Gasteiger partial charge on any atom is -0.209 e. The average Bonchev–Trinajstić information content (AvgIpc) is 2.01. The van der Waals surface area contributed by atoms with Gasteiger partial charge in [0.05, 0.1) is 0 Å². The topological polar surface area (TPSA) is 45.0 Å². The fourth-order valence-electron chi connectivity index (χ4n) is 0.558. The molecule has 1 aliphatic heterocycles. The second-order valence-electron chi connectivity index (χ2n) is 1.79. The summed E-state index contributed by atoms with van der Waals surface area (Å²) < 4.78 is 0. The molecule has 0 amide bonds. The van der Waals surface area contributed by atoms with Gasteiger partial charge in [-0.15, -0.1) is 21.8 Å². The molecule has 0 aromatic carbocycles. The van der Waals surface area contributed by atoms with Crippen molar-refractivity contribution in [2.45, 2.75) is 5.38 Å². The molecule has 1 atom stereocenters. The Kier molecular flexibility index (Phi) is 3.12. The lowest BCUT2D eigenvalue weighted by atomic mass is 10.4. The van der Waals surface area contributed by atoms with Gasteiger partial charge < -0.3 is 0 Å². The fourth-order valence-corrected chi connectivity index (χ4v) is 1.12. The Labute approximate surface area is 83.1 Å². The van der Waals surface area contributed by atoms with E-state index in [1.165, 1.54) is 12.2 Å². The van der Waals surface area contributed by atoms with Crippen molar-refractivity contribution in [3.05, 3.63) is 11.2 Å². The molecule has 12 heavy (non-hydrogen) atoms. The van der Waals surface area contributed by atoms with Crippen LogP contribution >= 0.6 is 34.8 Å². The van der Waals surface area contributed by atoms with Crippen LogP contribution in [0.15, 0.2) is 21.4 Å². The highest BCUT2D eigenvalue weighted by Crippen LogP contribution is 2.21. The third-order valence-corrected chi connectivity index (χ3v) is 2.06. The zero-order valence-electron chi connectivity index (χ0n) is 5.54. The predicted molar refractivity (Wildman–Crippen MR) is 46.8 cm³/mol. The minimum absolute atomic E-state index is 0.0973. The molecule has 7 heteroatoms. The molecule has 0 fully saturated rings. The Balaban J connectivity index is 2.92. The molecule has 0 bridgehead atoms. The van der Waals surface area contributed by atoms with Crippen molar-refractivity contribution < 1.29 is 4.79 Å². The van der Waals surface area contributed by atoms with Crippen molar-refractivity contribution >= 4 is 46.1 Å². The number of isocyanates is 1. The van der Waals surface area contributed by atoms with Crippen LogP contribution in [0.25, 0.3) is 0 Å². The Bertz CT molecular complexity index is 294. The first-order valence-corrected chi connectivity index (χ1v) is 3.97. The SMILES string of the molecule is O=C=NN1N=C(Cl)C(Cl)C=C1Cl. The third kappa shape index (κ3) is 1.99. The molecule has 4 nitrogen and oxygen atoms in total. The first-order valence-electron chi connectivity index (χ1n) is 2.78. The number of halogens is 3. The number of hydrogen-bond acceptors (Lipinski definition) is 4. The number of hydrogen-bond donors (Lipinski definition) is 0. The molecule has 0 radical (unpaired) electrons. The number of nitrogens with zero attached hydrogens (tertiary/aromatic N) is 3. The zero-order chi connectivity index (χ0) is 9.14. The van der Waals surface area contributed by atoms with E-state index >= 15 is 0 Å². The molecule has 1 rings (SSSR count). The van der Waals surface area contributed by atoms with Gasteiger partial charge in [-0.05, 0) is 6.08 Å². The monoisotopic (exact) mass is 225 g/mol. The van der Waals surface area contributed by atoms with Crippen molar-refractivity contribution in [3.63, 3.8) is 0 Å². The number of rotatable bonds is 1. The summed E-state index contributed by atoms with van der Waals surface area (Å²) in [5.41, 5.74) is 0. The van der Waals surface area contributed by atoms with E-state index in [0.717, 1.165) is 5.12 Å². The van der Waals surface area contributed by atoms with Gasteiger partial charge >= 0.3 is 0 Å². The summed E-state index contributed by atoms with van der Waals surface area (Å²) in [4.78, 5) is 9.84. The summed E-state index contributed by atoms with van der Waals surface area (Å²) in [6, 6.07) is 0. The molecule has 0 spiro atoms. The average molecular weight is 226 g/mol. The molecule has 64 valence electrons. The summed E-state index contributed by atoms with van der Waals surface area (Å²) >= 11 is 16.8. The minimum atomic E-state index is -0.572. The smallest absolute Gasteiger partial charge is 0.209 e. The summed E-state index contributed by atoms with van der Waals surface area (Å²) in [6.07, 6.45) is 2.67. The van der Waals surface area contributed by atoms with Crippen molar-refractivity contribution in [2.24, 2.45) is 10.2 Å². The molecule has 0 saturated carbocycles. The molecule has 0 N–H and O–H groups in total. The lowest BCUT2D eigenvalue weighted by Gasteiger charge is -2.16. The maximum atomic E-state index is 9.84. The molecule has 1 unspecified atom stereocenters. The van der Waals surface area contributed by atoms with Crippen molar-refractivity contribution in [1.29, 1.82) is 0 Å². The number of alkyl halides is 1. The van der Waals surface area contributed by atoms with Crippen LogP contribution in [0, 0.1) is 0 Å². The molecular weight excluding hydrogens is 224 g/mol. The standard InChI is InChI=1S/C5H2Cl3N3O/c6-3-1-4(7)11(9-2-12)10-5(3)8/h1,3H. The second-order valence-corrected chi connectivity index (χ2v) is 3.04. The van der Waals surface area contributed by atoms with Gasteiger partial charge in [-0.1, -0.05) is 28.3 Å². The summed E-state index contributed by atoms with van der Waals surface area (Å²) in [5.74, 6) is 0. The van der Waals surface area contributed by atoms with Gasteiger partial charge in [0, 0.05) is 0 Å². The van der Waals surface area contributed by atoms with Crippen molar-refractivity contribution in [1.82, 2.24) is 5.12 Å². The van der Waals surface area contributed by atoms with Crippen molar-refractivity contribution in [3.8, 4) is 0 Å². The molecule has 0 aromatic rings. The fraction of sp³-hybridized carbons (Fsp3) is 0.200. The van der Waals surface area contributed by atoms with Gasteiger partial charge in [0.15, 0.2) is 5.17 Å². The highest BCUT2D eigenvalue weighted by molar-refractivity contribution is 6.71. The lowest BCUT2D eigenvalue weighted by Crippen LogP contribution is -2.19. The summed E-state index contributed by atoms with van der Waals surface area (Å²) in [7, 11) is 0. The van der Waals surface area contributed by atoms with Crippen LogP contribution in [-0.2, 0) is 4.79 Å². The largest absolute Gasteiger partial charge is 0.260 e. The molecule has 0 aromatic heterocycles. The second kappa shape index (κ2) is 3.92. The maximum Gasteiger partial charge on any atom is 0.260 e. The number of carbonyl (C=O) groups excluding carboxylic acids is 1. The molecular formula is C5H2Cl3N3O. The quantitative estimate of drug-likeness (QED) is 0.296. The lowest BCUT2D eigenvalue weighted by molar-refractivity contribution is 0.400. The number of allylic oxidation sites excluding steroid dienone is 1. The van der Waals surface area contributed by atoms with Crippen LogP contribution < -0.4 is 0 Å². The first-order chi connectivity index (χ1) is 5.65. The van der Waals surface area contributed by atoms with Gasteiger partial charge in [0.2, 0.25) is 0 Å². The normalized spacial score (nSPS) is 22.6. The first kappa shape index (κ1) is 9.55. The van der Waals surface area contributed by atoms with Crippen molar-refractivity contribution in [2.75, 3.05) is 0 Å². The van der Waals surface area contributed by atoms with E-state index in [1.807, 2.05) is 0 Å². The van der Waals surface area contributed by atoms with Crippen LogP contribution in [0.2, 0.25) is 0 Å². The van der Waals surface area contributed by atoms with E-state index in [2.05, 4.69) is 10.2 Å². The van der Waals surface area contributed by atoms with Gasteiger partial charge in [-0.3, -0.25) is 0 Å². The Morgan fingerprint density at radius 3 is 2.92 bits per heavy atom. The third-order valence-electron chi connectivity index (χ3n) is 1.03. The maximum absolute atomic E-state index is 9.84. The summed E-state index contributed by atoms with van der Waals surface area (Å²) in [6.45, 7) is 0. The molecule has 0 aliphatic carbocycles. The van der Waals surface area contributed by atoms with Gasteiger partial charge in [-0.25, -0.2) is 4.79 Å². The van der Waals surface area contributed by atoms with Crippen LogP contribution in [0.3, 0.4) is 0 Å². The number of hydrazone groups is 2. The highest BCUT2D eigenvalue weighted by Gasteiger charge is 2.19. The molecule has 1 aliphatic rings. The Morgan fingerprint density at radius 2 is 2.33 bits per heavy atom. The molecule has 1 heterocycles. The van der Waals surface area contributed by atoms with E-state index < -0.39 is 5.38 Å². The molecule has 0 saturated heterocycles. The van der Waals surface area contributed by atoms with Crippen LogP contribution in [-0.4, -0.2) is 21.7 Å². The van der Waals surface area contributed by atoms with Gasteiger partial charge in [0.25, 0.3) is 6.08 Å². The van der Waals surface area contributed by atoms with Gasteiger partial charge in [0.1, 0.15) is 10.5 Å². The Morgan fingerprint density at radius 1 is 1.67 bits per heavy atom. The van der Waals surface area contributed by atoms with Crippen LogP contribution in [0.4, 0.5) is 0 Å². The van der Waals surface area contributed by atoms with E-state index in [-0.39, 0.29) is 10.3 Å². The van der Waals surface area contributed by atoms with Gasteiger partial charge in [-0.2, -0.15) is 0 Å². The van der Waals surface area contributed by atoms with E-state index in [9.17, 15) is 4.79 Å². The highest BCUT2D eigenvalue weighted by atomic mass is 35.5. The van der Waals surface area contributed by atoms with E-state index in [4.69, 9.17) is 34.8 Å².